The largest absolute Gasteiger partial charge is 0.398 e. The van der Waals surface area contributed by atoms with Crippen LogP contribution < -0.4 is 10.6 Å². The Labute approximate surface area is 122 Å². The Morgan fingerprint density at radius 3 is 2.84 bits per heavy atom. The van der Waals surface area contributed by atoms with Crippen LogP contribution in [0.1, 0.15) is 17.5 Å². The molecule has 1 aliphatic heterocycles. The van der Waals surface area contributed by atoms with E-state index in [0.29, 0.717) is 0 Å². The van der Waals surface area contributed by atoms with Crippen molar-refractivity contribution in [1.29, 1.82) is 0 Å². The van der Waals surface area contributed by atoms with E-state index in [0.717, 1.165) is 23.2 Å². The minimum atomic E-state index is 0.859. The maximum Gasteiger partial charge on any atom is 0.0449 e. The van der Waals surface area contributed by atoms with Crippen LogP contribution in [0.25, 0.3) is 0 Å². The van der Waals surface area contributed by atoms with Gasteiger partial charge in [-0.25, -0.2) is 0 Å². The van der Waals surface area contributed by atoms with E-state index in [1.54, 1.807) is 0 Å². The lowest BCUT2D eigenvalue weighted by molar-refractivity contribution is 0.692. The summed E-state index contributed by atoms with van der Waals surface area (Å²) < 4.78 is 1.03. The molecule has 0 unspecified atom stereocenters. The van der Waals surface area contributed by atoms with E-state index in [1.165, 1.54) is 29.7 Å². The number of benzene rings is 2. The van der Waals surface area contributed by atoms with Crippen LogP contribution in [-0.4, -0.2) is 6.54 Å². The number of nitrogens with two attached hydrogens (primary N) is 1. The van der Waals surface area contributed by atoms with Gasteiger partial charge in [-0.15, -0.1) is 0 Å². The zero-order chi connectivity index (χ0) is 13.2. The Morgan fingerprint density at radius 2 is 2.00 bits per heavy atom. The van der Waals surface area contributed by atoms with Gasteiger partial charge in [-0.2, -0.15) is 0 Å². The normalized spacial score (nSPS) is 14.3. The molecule has 0 bridgehead atoms. The van der Waals surface area contributed by atoms with Gasteiger partial charge in [-0.05, 0) is 42.2 Å². The second-order valence-corrected chi connectivity index (χ2v) is 5.91. The highest BCUT2D eigenvalue weighted by Gasteiger charge is 2.16. The SMILES string of the molecule is Nc1cc(Br)ccc1CN1CCCc2ccccc21. The van der Waals surface area contributed by atoms with Gasteiger partial charge in [-0.3, -0.25) is 0 Å². The van der Waals surface area contributed by atoms with Gasteiger partial charge in [0.15, 0.2) is 0 Å². The topological polar surface area (TPSA) is 29.3 Å². The minimum absolute atomic E-state index is 0.859. The molecule has 2 aromatic rings. The Kier molecular flexibility index (Phi) is 3.47. The molecule has 3 heteroatoms. The van der Waals surface area contributed by atoms with E-state index in [2.05, 4.69) is 57.2 Å². The van der Waals surface area contributed by atoms with Crippen LogP contribution in [0.2, 0.25) is 0 Å². The molecule has 98 valence electrons. The molecule has 0 fully saturated rings. The van der Waals surface area contributed by atoms with Crippen molar-refractivity contribution in [1.82, 2.24) is 0 Å². The Hall–Kier alpha value is -1.48. The smallest absolute Gasteiger partial charge is 0.0449 e. The minimum Gasteiger partial charge on any atom is -0.398 e. The van der Waals surface area contributed by atoms with Crippen LogP contribution in [-0.2, 0) is 13.0 Å². The molecular formula is C16H17BrN2. The molecule has 0 atom stereocenters. The number of hydrogen-bond acceptors (Lipinski definition) is 2. The van der Waals surface area contributed by atoms with Gasteiger partial charge < -0.3 is 10.6 Å². The first-order chi connectivity index (χ1) is 9.24. The van der Waals surface area contributed by atoms with Crippen LogP contribution in [0.15, 0.2) is 46.9 Å². The summed E-state index contributed by atoms with van der Waals surface area (Å²) in [6.07, 6.45) is 2.40. The summed E-state index contributed by atoms with van der Waals surface area (Å²) in [5.41, 5.74) is 11.0. The second-order valence-electron chi connectivity index (χ2n) is 5.00. The average molecular weight is 317 g/mol. The van der Waals surface area contributed by atoms with E-state index in [-0.39, 0.29) is 0 Å². The fourth-order valence-corrected chi connectivity index (χ4v) is 3.07. The molecule has 0 amide bonds. The number of aryl methyl sites for hydroxylation is 1. The summed E-state index contributed by atoms with van der Waals surface area (Å²) in [5, 5.41) is 0. The van der Waals surface area contributed by atoms with Gasteiger partial charge in [0.05, 0.1) is 0 Å². The zero-order valence-corrected chi connectivity index (χ0v) is 12.4. The van der Waals surface area contributed by atoms with Gasteiger partial charge in [0.1, 0.15) is 0 Å². The molecule has 1 aliphatic rings. The van der Waals surface area contributed by atoms with E-state index >= 15 is 0 Å². The third-order valence-corrected chi connectivity index (χ3v) is 4.17. The number of fused-ring (bicyclic) bond motifs is 1. The number of nitrogens with zero attached hydrogens (tertiary/aromatic N) is 1. The Morgan fingerprint density at radius 1 is 1.16 bits per heavy atom. The van der Waals surface area contributed by atoms with Gasteiger partial charge in [-0.1, -0.05) is 40.2 Å². The molecule has 0 radical (unpaired) electrons. The van der Waals surface area contributed by atoms with Crippen molar-refractivity contribution < 1.29 is 0 Å². The first-order valence-electron chi connectivity index (χ1n) is 6.61. The first-order valence-corrected chi connectivity index (χ1v) is 7.40. The lowest BCUT2D eigenvalue weighted by atomic mass is 10.0. The molecule has 1 heterocycles. The third-order valence-electron chi connectivity index (χ3n) is 3.68. The van der Waals surface area contributed by atoms with Crippen molar-refractivity contribution >= 4 is 27.3 Å². The van der Waals surface area contributed by atoms with E-state index in [9.17, 15) is 0 Å². The van der Waals surface area contributed by atoms with Gasteiger partial charge in [0.2, 0.25) is 0 Å². The Balaban J connectivity index is 1.88. The third kappa shape index (κ3) is 2.61. The number of nitrogen functional groups attached to an aromatic ring is 1. The van der Waals surface area contributed by atoms with Crippen LogP contribution in [0.3, 0.4) is 0 Å². The molecule has 0 aromatic heterocycles. The summed E-state index contributed by atoms with van der Waals surface area (Å²) in [6.45, 7) is 1.99. The van der Waals surface area contributed by atoms with Gasteiger partial charge in [0.25, 0.3) is 0 Å². The lowest BCUT2D eigenvalue weighted by Gasteiger charge is -2.31. The van der Waals surface area contributed by atoms with E-state index in [1.807, 2.05) is 6.07 Å². The number of rotatable bonds is 2. The molecule has 19 heavy (non-hydrogen) atoms. The molecule has 2 N–H and O–H groups in total. The quantitative estimate of drug-likeness (QED) is 0.849. The van der Waals surface area contributed by atoms with E-state index < -0.39 is 0 Å². The van der Waals surface area contributed by atoms with Crippen LogP contribution in [0.5, 0.6) is 0 Å². The van der Waals surface area contributed by atoms with E-state index in [4.69, 9.17) is 5.73 Å². The van der Waals surface area contributed by atoms with Crippen LogP contribution in [0.4, 0.5) is 11.4 Å². The molecule has 0 saturated heterocycles. The van der Waals surface area contributed by atoms with Crippen LogP contribution in [0, 0.1) is 0 Å². The van der Waals surface area contributed by atoms with Crippen molar-refractivity contribution in [3.63, 3.8) is 0 Å². The summed E-state index contributed by atoms with van der Waals surface area (Å²) in [7, 11) is 0. The highest BCUT2D eigenvalue weighted by atomic mass is 79.9. The number of para-hydroxylation sites is 1. The number of anilines is 2. The standard InChI is InChI=1S/C16H17BrN2/c17-14-8-7-13(15(18)10-14)11-19-9-3-5-12-4-1-2-6-16(12)19/h1-2,4,6-8,10H,3,5,9,11,18H2. The van der Waals surface area contributed by atoms with Crippen molar-refractivity contribution in [3.05, 3.63) is 58.1 Å². The fourth-order valence-electron chi connectivity index (χ4n) is 2.69. The maximum atomic E-state index is 6.10. The average Bonchev–Trinajstić information content (AvgIpc) is 2.42. The molecular weight excluding hydrogens is 300 g/mol. The summed E-state index contributed by atoms with van der Waals surface area (Å²) in [6, 6.07) is 14.8. The number of halogens is 1. The molecule has 0 saturated carbocycles. The number of hydrogen-bond donors (Lipinski definition) is 1. The molecule has 3 rings (SSSR count). The molecule has 2 nitrogen and oxygen atoms in total. The van der Waals surface area contributed by atoms with Gasteiger partial charge in [0, 0.05) is 28.9 Å². The predicted molar refractivity (Wildman–Crippen MR) is 84.4 cm³/mol. The molecule has 2 aromatic carbocycles. The molecule has 0 aliphatic carbocycles. The maximum absolute atomic E-state index is 6.10. The highest BCUT2D eigenvalue weighted by molar-refractivity contribution is 9.10. The lowest BCUT2D eigenvalue weighted by Crippen LogP contribution is -2.29. The highest BCUT2D eigenvalue weighted by Crippen LogP contribution is 2.29. The fraction of sp³-hybridized carbons (Fsp3) is 0.250. The van der Waals surface area contributed by atoms with Gasteiger partial charge >= 0.3 is 0 Å². The predicted octanol–water partition coefficient (Wildman–Crippen LogP) is 3.98. The van der Waals surface area contributed by atoms with Crippen molar-refractivity contribution in [2.75, 3.05) is 17.2 Å². The zero-order valence-electron chi connectivity index (χ0n) is 10.8. The van der Waals surface area contributed by atoms with Crippen molar-refractivity contribution in [3.8, 4) is 0 Å². The van der Waals surface area contributed by atoms with Crippen LogP contribution >= 0.6 is 15.9 Å². The molecule has 0 spiro atoms. The van der Waals surface area contributed by atoms with Crippen molar-refractivity contribution in [2.45, 2.75) is 19.4 Å². The second kappa shape index (κ2) is 5.25. The monoisotopic (exact) mass is 316 g/mol. The van der Waals surface area contributed by atoms with Crippen molar-refractivity contribution in [2.24, 2.45) is 0 Å². The summed E-state index contributed by atoms with van der Waals surface area (Å²) >= 11 is 3.45. The summed E-state index contributed by atoms with van der Waals surface area (Å²) in [5.74, 6) is 0. The summed E-state index contributed by atoms with van der Waals surface area (Å²) in [4.78, 5) is 2.43. The Bertz CT molecular complexity index is 595. The first kappa shape index (κ1) is 12.5.